The summed E-state index contributed by atoms with van der Waals surface area (Å²) in [5, 5.41) is 19.4. The molecule has 0 saturated heterocycles. The van der Waals surface area contributed by atoms with Gasteiger partial charge in [-0.25, -0.2) is 0 Å². The quantitative estimate of drug-likeness (QED) is 0.693. The lowest BCUT2D eigenvalue weighted by atomic mass is 10.00. The van der Waals surface area contributed by atoms with Crippen molar-refractivity contribution in [2.45, 2.75) is 45.6 Å². The topological polar surface area (TPSA) is 96.9 Å². The van der Waals surface area contributed by atoms with Gasteiger partial charge in [0.15, 0.2) is 0 Å². The van der Waals surface area contributed by atoms with E-state index < -0.39 is 5.60 Å². The fourth-order valence-corrected chi connectivity index (χ4v) is 3.35. The van der Waals surface area contributed by atoms with E-state index >= 15 is 0 Å². The van der Waals surface area contributed by atoms with Crippen LogP contribution in [0.5, 0.6) is 0 Å². The normalized spacial score (nSPS) is 16.2. The molecule has 7 nitrogen and oxygen atoms in total. The Morgan fingerprint density at radius 1 is 1.44 bits per heavy atom. The van der Waals surface area contributed by atoms with E-state index in [1.165, 1.54) is 4.57 Å². The van der Waals surface area contributed by atoms with Crippen LogP contribution in [0.15, 0.2) is 15.4 Å². The minimum atomic E-state index is -1.04. The molecule has 140 valence electrons. The molecule has 1 unspecified atom stereocenters. The molecule has 0 aromatic carbocycles. The lowest BCUT2D eigenvalue weighted by molar-refractivity contribution is 0.0980. The van der Waals surface area contributed by atoms with Crippen LogP contribution in [0.25, 0.3) is 22.4 Å². The first-order valence-corrected chi connectivity index (χ1v) is 9.12. The van der Waals surface area contributed by atoms with Gasteiger partial charge in [-0.05, 0) is 32.6 Å². The Morgan fingerprint density at radius 3 is 2.81 bits per heavy atom. The van der Waals surface area contributed by atoms with Crippen molar-refractivity contribution in [3.05, 3.63) is 33.7 Å². The van der Waals surface area contributed by atoms with Crippen molar-refractivity contribution in [1.82, 2.24) is 19.7 Å². The van der Waals surface area contributed by atoms with Gasteiger partial charge in [-0.3, -0.25) is 4.79 Å². The summed E-state index contributed by atoms with van der Waals surface area (Å²) in [6, 6.07) is 0. The lowest BCUT2D eigenvalue weighted by Gasteiger charge is -2.14. The van der Waals surface area contributed by atoms with Crippen molar-refractivity contribution < 1.29 is 9.52 Å². The third kappa shape index (κ3) is 2.96. The maximum atomic E-state index is 12.6. The number of nitrogens with zero attached hydrogens (tertiary/aromatic N) is 3. The van der Waals surface area contributed by atoms with Gasteiger partial charge in [0.2, 0.25) is 11.8 Å². The Morgan fingerprint density at radius 2 is 2.19 bits per heavy atom. The summed E-state index contributed by atoms with van der Waals surface area (Å²) in [7, 11) is 1.68. The van der Waals surface area contributed by atoms with Gasteiger partial charge in [-0.15, -0.1) is 10.2 Å². The average molecular weight is 366 g/mol. The van der Waals surface area contributed by atoms with Crippen LogP contribution in [0.1, 0.15) is 43.8 Å². The minimum absolute atomic E-state index is 0.158. The van der Waals surface area contributed by atoms with Crippen molar-refractivity contribution in [3.8, 4) is 23.3 Å². The summed E-state index contributed by atoms with van der Waals surface area (Å²) in [5.74, 6) is 7.19. The van der Waals surface area contributed by atoms with Gasteiger partial charge >= 0.3 is 0 Å². The smallest absolute Gasteiger partial charge is 0.274 e. The highest BCUT2D eigenvalue weighted by atomic mass is 16.4. The summed E-state index contributed by atoms with van der Waals surface area (Å²) >= 11 is 0. The number of hydrogen-bond acceptors (Lipinski definition) is 5. The van der Waals surface area contributed by atoms with E-state index in [0.29, 0.717) is 40.2 Å². The number of aryl methyl sites for hydroxylation is 3. The molecular weight excluding hydrogens is 344 g/mol. The Kier molecular flexibility index (Phi) is 3.97. The average Bonchev–Trinajstić information content (AvgIpc) is 3.30. The van der Waals surface area contributed by atoms with Gasteiger partial charge < -0.3 is 19.1 Å². The van der Waals surface area contributed by atoms with Gasteiger partial charge in [0.05, 0.1) is 11.1 Å². The summed E-state index contributed by atoms with van der Waals surface area (Å²) in [6.07, 6.45) is 4.29. The van der Waals surface area contributed by atoms with E-state index in [0.717, 1.165) is 18.5 Å². The maximum Gasteiger partial charge on any atom is 0.274 e. The monoisotopic (exact) mass is 366 g/mol. The molecular formula is C20H22N4O3. The van der Waals surface area contributed by atoms with Crippen LogP contribution in [0.4, 0.5) is 0 Å². The summed E-state index contributed by atoms with van der Waals surface area (Å²) < 4.78 is 7.23. The van der Waals surface area contributed by atoms with Crippen molar-refractivity contribution >= 4 is 10.9 Å². The molecule has 0 spiro atoms. The highest BCUT2D eigenvalue weighted by molar-refractivity contribution is 5.99. The Bertz CT molecular complexity index is 1150. The summed E-state index contributed by atoms with van der Waals surface area (Å²) in [6.45, 7) is 5.54. The predicted octanol–water partition coefficient (Wildman–Crippen LogP) is 2.30. The first-order valence-electron chi connectivity index (χ1n) is 9.12. The van der Waals surface area contributed by atoms with Gasteiger partial charge in [0.25, 0.3) is 5.56 Å². The van der Waals surface area contributed by atoms with Gasteiger partial charge in [-0.2, -0.15) is 0 Å². The highest BCUT2D eigenvalue weighted by Crippen LogP contribution is 2.39. The fourth-order valence-electron chi connectivity index (χ4n) is 3.35. The van der Waals surface area contributed by atoms with E-state index in [4.69, 9.17) is 4.42 Å². The maximum absolute atomic E-state index is 12.6. The number of pyridine rings is 1. The minimum Gasteiger partial charge on any atom is -0.421 e. The van der Waals surface area contributed by atoms with E-state index in [9.17, 15) is 9.90 Å². The number of fused-ring (bicyclic) bond motifs is 1. The number of aliphatic hydroxyl groups is 1. The molecule has 0 radical (unpaired) electrons. The van der Waals surface area contributed by atoms with Crippen molar-refractivity contribution in [1.29, 1.82) is 0 Å². The number of hydrogen-bond donors (Lipinski definition) is 2. The number of aromatic nitrogens is 4. The standard InChI is InChI=1S/C20H22N4O3/c1-5-14-22-23-18(27-14)15-11(2)21-17-16(15)12(10-24(4)19(17)25)8-9-20(3,26)13-6-7-13/h10,13,21,26H,5-7H2,1-4H3. The molecule has 1 saturated carbocycles. The molecule has 0 amide bonds. The Balaban J connectivity index is 1.97. The molecule has 7 heteroatoms. The van der Waals surface area contributed by atoms with Crippen molar-refractivity contribution in [3.63, 3.8) is 0 Å². The fraction of sp³-hybridized carbons (Fsp3) is 0.450. The molecule has 1 aliphatic carbocycles. The highest BCUT2D eigenvalue weighted by Gasteiger charge is 2.38. The van der Waals surface area contributed by atoms with E-state index in [1.54, 1.807) is 20.2 Å². The number of H-pyrrole nitrogens is 1. The second-order valence-corrected chi connectivity index (χ2v) is 7.36. The SMILES string of the molecule is CCc1nnc(-c2c(C)[nH]c3c(=O)n(C)cc(C#CC(C)(O)C4CC4)c23)o1. The van der Waals surface area contributed by atoms with Crippen LogP contribution >= 0.6 is 0 Å². The molecule has 0 aliphatic heterocycles. The van der Waals surface area contributed by atoms with Gasteiger partial charge in [0, 0.05) is 30.7 Å². The molecule has 3 heterocycles. The third-order valence-corrected chi connectivity index (χ3v) is 5.12. The largest absolute Gasteiger partial charge is 0.421 e. The Hall–Kier alpha value is -2.85. The van der Waals surface area contributed by atoms with Crippen molar-refractivity contribution in [2.75, 3.05) is 0 Å². The number of rotatable bonds is 3. The molecule has 27 heavy (non-hydrogen) atoms. The molecule has 2 N–H and O–H groups in total. The number of nitrogens with one attached hydrogen (secondary N) is 1. The second kappa shape index (κ2) is 6.10. The zero-order valence-corrected chi connectivity index (χ0v) is 15.9. The van der Waals surface area contributed by atoms with E-state index in [1.807, 2.05) is 13.8 Å². The third-order valence-electron chi connectivity index (χ3n) is 5.12. The zero-order chi connectivity index (χ0) is 19.3. The zero-order valence-electron chi connectivity index (χ0n) is 15.9. The van der Waals surface area contributed by atoms with Crippen LogP contribution < -0.4 is 5.56 Å². The second-order valence-electron chi connectivity index (χ2n) is 7.36. The van der Waals surface area contributed by atoms with Crippen LogP contribution in [-0.4, -0.2) is 30.5 Å². The first kappa shape index (κ1) is 17.6. The number of aromatic amines is 1. The predicted molar refractivity (Wildman–Crippen MR) is 101 cm³/mol. The first-order chi connectivity index (χ1) is 12.8. The molecule has 0 bridgehead atoms. The van der Waals surface area contributed by atoms with Gasteiger partial charge in [0.1, 0.15) is 11.1 Å². The lowest BCUT2D eigenvalue weighted by Crippen LogP contribution is -2.24. The van der Waals surface area contributed by atoms with Crippen LogP contribution in [0, 0.1) is 24.7 Å². The molecule has 1 fully saturated rings. The van der Waals surface area contributed by atoms with E-state index in [-0.39, 0.29) is 11.5 Å². The molecule has 1 aliphatic rings. The van der Waals surface area contributed by atoms with E-state index in [2.05, 4.69) is 27.0 Å². The van der Waals surface area contributed by atoms with Crippen molar-refractivity contribution in [2.24, 2.45) is 13.0 Å². The Labute approximate surface area is 156 Å². The van der Waals surface area contributed by atoms with Crippen LogP contribution in [0.2, 0.25) is 0 Å². The molecule has 4 rings (SSSR count). The van der Waals surface area contributed by atoms with Crippen LogP contribution in [0.3, 0.4) is 0 Å². The summed E-state index contributed by atoms with van der Waals surface area (Å²) in [5.41, 5.74) is 1.34. The van der Waals surface area contributed by atoms with Gasteiger partial charge in [-0.1, -0.05) is 18.8 Å². The molecule has 3 aromatic heterocycles. The molecule has 1 atom stereocenters. The molecule has 3 aromatic rings. The van der Waals surface area contributed by atoms with Crippen LogP contribution in [-0.2, 0) is 13.5 Å². The summed E-state index contributed by atoms with van der Waals surface area (Å²) in [4.78, 5) is 15.8.